The average molecular weight is 334 g/mol. The molecule has 0 bridgehead atoms. The topological polar surface area (TPSA) is 54.0 Å². The first-order chi connectivity index (χ1) is 11.1. The van der Waals surface area contributed by atoms with E-state index in [1.54, 1.807) is 45.6 Å². The average Bonchev–Trinajstić information content (AvgIpc) is 2.61. The van der Waals surface area contributed by atoms with E-state index in [2.05, 4.69) is 0 Å². The normalized spacial score (nSPS) is 10.1. The summed E-state index contributed by atoms with van der Waals surface area (Å²) >= 11 is 1.37. The van der Waals surface area contributed by atoms with Crippen LogP contribution in [-0.4, -0.2) is 34.4 Å². The fourth-order valence-corrected chi connectivity index (χ4v) is 3.13. The molecule has 0 aliphatic rings. The van der Waals surface area contributed by atoms with Gasteiger partial charge in [0.25, 0.3) is 0 Å². The molecule has 0 radical (unpaired) electrons. The van der Waals surface area contributed by atoms with Gasteiger partial charge in [0.2, 0.25) is 0 Å². The second-order valence-electron chi connectivity index (χ2n) is 4.45. The maximum absolute atomic E-state index is 11.9. The molecule has 0 saturated heterocycles. The Morgan fingerprint density at radius 2 is 1.52 bits per heavy atom. The van der Waals surface area contributed by atoms with Gasteiger partial charge >= 0.3 is 5.97 Å². The highest BCUT2D eigenvalue weighted by molar-refractivity contribution is 7.99. The Balaban J connectivity index is 2.50. The lowest BCUT2D eigenvalue weighted by Crippen LogP contribution is -2.03. The summed E-state index contributed by atoms with van der Waals surface area (Å²) in [5.41, 5.74) is 0.486. The van der Waals surface area contributed by atoms with Crippen molar-refractivity contribution in [2.45, 2.75) is 9.79 Å². The monoisotopic (exact) mass is 334 g/mol. The van der Waals surface area contributed by atoms with E-state index in [1.165, 1.54) is 18.9 Å². The first-order valence-electron chi connectivity index (χ1n) is 6.79. The Bertz CT molecular complexity index is 674. The smallest absolute Gasteiger partial charge is 0.339 e. The van der Waals surface area contributed by atoms with Gasteiger partial charge in [-0.15, -0.1) is 0 Å². The number of methoxy groups -OCH3 is 4. The van der Waals surface area contributed by atoms with E-state index in [0.29, 0.717) is 22.8 Å². The summed E-state index contributed by atoms with van der Waals surface area (Å²) in [6.45, 7) is 0. The first kappa shape index (κ1) is 17.0. The Morgan fingerprint density at radius 3 is 2.04 bits per heavy atom. The second-order valence-corrected chi connectivity index (χ2v) is 5.50. The summed E-state index contributed by atoms with van der Waals surface area (Å²) in [4.78, 5) is 13.4. The number of esters is 1. The fraction of sp³-hybridized carbons (Fsp3) is 0.235. The van der Waals surface area contributed by atoms with Crippen molar-refractivity contribution in [2.75, 3.05) is 28.4 Å². The van der Waals surface area contributed by atoms with Crippen LogP contribution < -0.4 is 14.2 Å². The minimum absolute atomic E-state index is 0.389. The van der Waals surface area contributed by atoms with Gasteiger partial charge in [0.05, 0.1) is 38.9 Å². The van der Waals surface area contributed by atoms with Crippen LogP contribution >= 0.6 is 11.8 Å². The molecule has 0 aliphatic heterocycles. The number of hydrogen-bond acceptors (Lipinski definition) is 6. The predicted molar refractivity (Wildman–Crippen MR) is 88.0 cm³/mol. The van der Waals surface area contributed by atoms with Crippen molar-refractivity contribution in [3.8, 4) is 17.2 Å². The van der Waals surface area contributed by atoms with Gasteiger partial charge in [0.1, 0.15) is 17.2 Å². The Kier molecular flexibility index (Phi) is 5.76. The molecule has 5 nitrogen and oxygen atoms in total. The molecule has 0 saturated carbocycles. The first-order valence-corrected chi connectivity index (χ1v) is 7.61. The molecule has 6 heteroatoms. The Morgan fingerprint density at radius 1 is 0.913 bits per heavy atom. The molecule has 0 N–H and O–H groups in total. The van der Waals surface area contributed by atoms with Gasteiger partial charge in [-0.05, 0) is 12.1 Å². The highest BCUT2D eigenvalue weighted by Gasteiger charge is 2.18. The Labute approximate surface area is 139 Å². The molecule has 0 heterocycles. The summed E-state index contributed by atoms with van der Waals surface area (Å²) in [5.74, 6) is 1.44. The lowest BCUT2D eigenvalue weighted by Gasteiger charge is -2.15. The van der Waals surface area contributed by atoms with Gasteiger partial charge in [0, 0.05) is 17.0 Å². The van der Waals surface area contributed by atoms with Crippen LogP contribution in [0, 0.1) is 0 Å². The molecule has 0 amide bonds. The molecule has 122 valence electrons. The standard InChI is InChI=1S/C17H18O5S/c1-19-11-9-13(20-2)16(14(10-11)21-3)23-15-8-6-5-7-12(15)17(18)22-4/h5-10H,1-4H3. The van der Waals surface area contributed by atoms with Crippen LogP contribution in [0.2, 0.25) is 0 Å². The molecule has 2 aromatic carbocycles. The molecule has 0 fully saturated rings. The van der Waals surface area contributed by atoms with Gasteiger partial charge < -0.3 is 18.9 Å². The largest absolute Gasteiger partial charge is 0.496 e. The minimum atomic E-state index is -0.389. The number of rotatable bonds is 6. The summed E-state index contributed by atoms with van der Waals surface area (Å²) in [6.07, 6.45) is 0. The maximum Gasteiger partial charge on any atom is 0.339 e. The van der Waals surface area contributed by atoms with Crippen LogP contribution in [-0.2, 0) is 4.74 Å². The van der Waals surface area contributed by atoms with Crippen molar-refractivity contribution in [3.05, 3.63) is 42.0 Å². The van der Waals surface area contributed by atoms with Gasteiger partial charge in [-0.25, -0.2) is 4.79 Å². The SMILES string of the molecule is COC(=O)c1ccccc1Sc1c(OC)cc(OC)cc1OC. The van der Waals surface area contributed by atoms with E-state index in [9.17, 15) is 4.79 Å². The van der Waals surface area contributed by atoms with E-state index in [-0.39, 0.29) is 5.97 Å². The van der Waals surface area contributed by atoms with Crippen molar-refractivity contribution in [1.29, 1.82) is 0 Å². The predicted octanol–water partition coefficient (Wildman–Crippen LogP) is 3.65. The van der Waals surface area contributed by atoms with Gasteiger partial charge in [-0.3, -0.25) is 0 Å². The summed E-state index contributed by atoms with van der Waals surface area (Å²) < 4.78 is 20.9. The van der Waals surface area contributed by atoms with E-state index < -0.39 is 0 Å². The quantitative estimate of drug-likeness (QED) is 0.752. The summed E-state index contributed by atoms with van der Waals surface area (Å²) in [7, 11) is 6.08. The van der Waals surface area contributed by atoms with Crippen LogP contribution in [0.15, 0.2) is 46.2 Å². The zero-order valence-corrected chi connectivity index (χ0v) is 14.2. The van der Waals surface area contributed by atoms with Crippen molar-refractivity contribution in [3.63, 3.8) is 0 Å². The lowest BCUT2D eigenvalue weighted by molar-refractivity contribution is 0.0597. The van der Waals surface area contributed by atoms with Gasteiger partial charge in [0.15, 0.2) is 0 Å². The van der Waals surface area contributed by atoms with Crippen LogP contribution in [0.1, 0.15) is 10.4 Å². The van der Waals surface area contributed by atoms with Crippen molar-refractivity contribution < 1.29 is 23.7 Å². The molecule has 23 heavy (non-hydrogen) atoms. The summed E-state index contributed by atoms with van der Waals surface area (Å²) in [5, 5.41) is 0. The molecular weight excluding hydrogens is 316 g/mol. The molecule has 0 spiro atoms. The molecule has 0 atom stereocenters. The summed E-state index contributed by atoms with van der Waals surface area (Å²) in [6, 6.07) is 10.8. The molecule has 2 aromatic rings. The van der Waals surface area contributed by atoms with E-state index in [1.807, 2.05) is 12.1 Å². The minimum Gasteiger partial charge on any atom is -0.496 e. The second kappa shape index (κ2) is 7.78. The highest BCUT2D eigenvalue weighted by Crippen LogP contribution is 2.45. The number of carbonyl (C=O) groups is 1. The highest BCUT2D eigenvalue weighted by atomic mass is 32.2. The molecule has 2 rings (SSSR count). The number of hydrogen-bond donors (Lipinski definition) is 0. The van der Waals surface area contributed by atoms with E-state index in [0.717, 1.165) is 9.79 Å². The van der Waals surface area contributed by atoms with E-state index in [4.69, 9.17) is 18.9 Å². The zero-order valence-electron chi connectivity index (χ0n) is 13.4. The number of ether oxygens (including phenoxy) is 4. The third-order valence-corrected chi connectivity index (χ3v) is 4.36. The third-order valence-electron chi connectivity index (χ3n) is 3.17. The van der Waals surface area contributed by atoms with Crippen LogP contribution in [0.3, 0.4) is 0 Å². The molecule has 0 aromatic heterocycles. The van der Waals surface area contributed by atoms with Crippen molar-refractivity contribution in [2.24, 2.45) is 0 Å². The van der Waals surface area contributed by atoms with Crippen molar-refractivity contribution >= 4 is 17.7 Å². The maximum atomic E-state index is 11.9. The molecular formula is C17H18O5S. The lowest BCUT2D eigenvalue weighted by atomic mass is 10.2. The zero-order chi connectivity index (χ0) is 16.8. The third kappa shape index (κ3) is 3.71. The molecule has 0 unspecified atom stereocenters. The van der Waals surface area contributed by atoms with E-state index >= 15 is 0 Å². The van der Waals surface area contributed by atoms with Crippen molar-refractivity contribution in [1.82, 2.24) is 0 Å². The van der Waals surface area contributed by atoms with Crippen LogP contribution in [0.25, 0.3) is 0 Å². The van der Waals surface area contributed by atoms with Gasteiger partial charge in [-0.2, -0.15) is 0 Å². The number of benzene rings is 2. The Hall–Kier alpha value is -2.34. The number of carbonyl (C=O) groups excluding carboxylic acids is 1. The molecule has 0 aliphatic carbocycles. The van der Waals surface area contributed by atoms with Crippen LogP contribution in [0.5, 0.6) is 17.2 Å². The fourth-order valence-electron chi connectivity index (χ4n) is 2.02. The van der Waals surface area contributed by atoms with Crippen LogP contribution in [0.4, 0.5) is 0 Å². The van der Waals surface area contributed by atoms with Gasteiger partial charge in [-0.1, -0.05) is 23.9 Å².